The lowest BCUT2D eigenvalue weighted by molar-refractivity contribution is 0.0701. The van der Waals surface area contributed by atoms with Gasteiger partial charge in [-0.2, -0.15) is 0 Å². The molecule has 2 rings (SSSR count). The van der Waals surface area contributed by atoms with Gasteiger partial charge in [0.25, 0.3) is 0 Å². The van der Waals surface area contributed by atoms with Crippen LogP contribution in [0.4, 0.5) is 0 Å². The summed E-state index contributed by atoms with van der Waals surface area (Å²) in [6.07, 6.45) is 1.29. The lowest BCUT2D eigenvalue weighted by Crippen LogP contribution is -1.93. The standard InChI is InChI=1S/C9H6ClNO2S/c1-4-5-3-11-7(10)2-6(5)14-8(4)9(12)13/h2-3H,1H3,(H,12,13)/i1D3. The van der Waals surface area contributed by atoms with Crippen LogP contribution in [-0.2, 0) is 0 Å². The third kappa shape index (κ3) is 1.36. The van der Waals surface area contributed by atoms with Gasteiger partial charge in [0.05, 0.1) is 0 Å². The van der Waals surface area contributed by atoms with Crippen molar-refractivity contribution in [3.8, 4) is 0 Å². The van der Waals surface area contributed by atoms with Gasteiger partial charge in [-0.1, -0.05) is 11.6 Å². The van der Waals surface area contributed by atoms with Gasteiger partial charge in [0.15, 0.2) is 0 Å². The molecular formula is C9H6ClNO2S. The molecule has 0 aliphatic carbocycles. The van der Waals surface area contributed by atoms with Crippen LogP contribution in [0.15, 0.2) is 12.3 Å². The summed E-state index contributed by atoms with van der Waals surface area (Å²) in [4.78, 5) is 14.6. The number of hydrogen-bond donors (Lipinski definition) is 1. The van der Waals surface area contributed by atoms with Crippen LogP contribution in [0.25, 0.3) is 10.1 Å². The zero-order chi connectivity index (χ0) is 12.8. The Morgan fingerprint density at radius 2 is 2.57 bits per heavy atom. The van der Waals surface area contributed by atoms with E-state index in [9.17, 15) is 4.79 Å². The minimum absolute atomic E-state index is 0.172. The Kier molecular flexibility index (Phi) is 1.47. The highest BCUT2D eigenvalue weighted by molar-refractivity contribution is 7.21. The molecule has 0 unspecified atom stereocenters. The molecule has 0 spiro atoms. The van der Waals surface area contributed by atoms with E-state index >= 15 is 0 Å². The number of hydrogen-bond acceptors (Lipinski definition) is 3. The number of carbonyl (C=O) groups is 1. The number of aromatic carboxylic acids is 1. The van der Waals surface area contributed by atoms with Crippen LogP contribution in [0, 0.1) is 6.85 Å². The van der Waals surface area contributed by atoms with Gasteiger partial charge in [0.2, 0.25) is 0 Å². The summed E-state index contributed by atoms with van der Waals surface area (Å²) in [5.41, 5.74) is -0.172. The molecule has 0 bridgehead atoms. The van der Waals surface area contributed by atoms with E-state index in [1.54, 1.807) is 0 Å². The van der Waals surface area contributed by atoms with E-state index in [1.165, 1.54) is 12.3 Å². The minimum Gasteiger partial charge on any atom is -0.477 e. The van der Waals surface area contributed by atoms with Gasteiger partial charge in [-0.05, 0) is 18.5 Å². The Morgan fingerprint density at radius 3 is 3.21 bits per heavy atom. The first-order valence-corrected chi connectivity index (χ1v) is 4.82. The molecule has 5 heteroatoms. The number of carboxylic acids is 1. The van der Waals surface area contributed by atoms with Crippen molar-refractivity contribution < 1.29 is 14.0 Å². The molecule has 0 atom stereocenters. The molecule has 3 nitrogen and oxygen atoms in total. The number of aromatic nitrogens is 1. The highest BCUT2D eigenvalue weighted by Crippen LogP contribution is 2.31. The molecule has 14 heavy (non-hydrogen) atoms. The predicted molar refractivity (Wildman–Crippen MR) is 56.3 cm³/mol. The van der Waals surface area contributed by atoms with Gasteiger partial charge in [0.1, 0.15) is 10.0 Å². The van der Waals surface area contributed by atoms with Gasteiger partial charge in [-0.3, -0.25) is 0 Å². The van der Waals surface area contributed by atoms with Crippen molar-refractivity contribution in [2.45, 2.75) is 6.85 Å². The maximum atomic E-state index is 11.0. The first-order chi connectivity index (χ1) is 7.80. The lowest BCUT2D eigenvalue weighted by atomic mass is 10.2. The summed E-state index contributed by atoms with van der Waals surface area (Å²) in [5, 5.41) is 9.52. The van der Waals surface area contributed by atoms with Crippen LogP contribution in [0.2, 0.25) is 5.15 Å². The van der Waals surface area contributed by atoms with Crippen molar-refractivity contribution in [3.63, 3.8) is 0 Å². The first-order valence-electron chi connectivity index (χ1n) is 5.12. The van der Waals surface area contributed by atoms with Gasteiger partial charge >= 0.3 is 5.97 Å². The average Bonchev–Trinajstić information content (AvgIpc) is 2.55. The molecule has 0 aliphatic heterocycles. The number of nitrogens with zero attached hydrogens (tertiary/aromatic N) is 1. The maximum absolute atomic E-state index is 11.0. The number of halogens is 1. The Balaban J connectivity index is 2.86. The molecule has 2 aromatic rings. The van der Waals surface area contributed by atoms with Crippen molar-refractivity contribution in [1.82, 2.24) is 4.98 Å². The summed E-state index contributed by atoms with van der Waals surface area (Å²) in [6, 6.07) is 1.46. The summed E-state index contributed by atoms with van der Waals surface area (Å²) < 4.78 is 22.6. The van der Waals surface area contributed by atoms with Crippen LogP contribution >= 0.6 is 22.9 Å². The second-order valence-corrected chi connectivity index (χ2v) is 4.05. The first kappa shape index (κ1) is 6.37. The molecule has 0 aliphatic rings. The zero-order valence-corrected chi connectivity index (χ0v) is 8.32. The van der Waals surface area contributed by atoms with E-state index < -0.39 is 12.8 Å². The fraction of sp³-hybridized carbons (Fsp3) is 0.111. The number of rotatable bonds is 1. The summed E-state index contributed by atoms with van der Waals surface area (Å²) in [5.74, 6) is -1.26. The van der Waals surface area contributed by atoms with Crippen molar-refractivity contribution >= 4 is 39.0 Å². The fourth-order valence-electron chi connectivity index (χ4n) is 1.12. The van der Waals surface area contributed by atoms with Crippen LogP contribution in [-0.4, -0.2) is 16.1 Å². The molecule has 0 amide bonds. The van der Waals surface area contributed by atoms with Gasteiger partial charge in [-0.25, -0.2) is 9.78 Å². The average molecular weight is 231 g/mol. The van der Waals surface area contributed by atoms with E-state index in [-0.39, 0.29) is 15.6 Å². The van der Waals surface area contributed by atoms with Gasteiger partial charge in [-0.15, -0.1) is 11.3 Å². The van der Waals surface area contributed by atoms with Crippen molar-refractivity contribution in [1.29, 1.82) is 0 Å². The number of thiophene rings is 1. The molecule has 0 saturated heterocycles. The van der Waals surface area contributed by atoms with E-state index in [0.29, 0.717) is 10.1 Å². The summed E-state index contributed by atoms with van der Waals surface area (Å²) >= 11 is 6.57. The number of aryl methyl sites for hydroxylation is 1. The largest absolute Gasteiger partial charge is 0.477 e. The third-order valence-corrected chi connectivity index (χ3v) is 3.08. The van der Waals surface area contributed by atoms with Gasteiger partial charge in [0, 0.05) is 20.4 Å². The van der Waals surface area contributed by atoms with Crippen LogP contribution < -0.4 is 0 Å². The molecule has 0 saturated carbocycles. The van der Waals surface area contributed by atoms with E-state index in [1.807, 2.05) is 0 Å². The van der Waals surface area contributed by atoms with Gasteiger partial charge < -0.3 is 5.11 Å². The Hall–Kier alpha value is -1.13. The highest BCUT2D eigenvalue weighted by atomic mass is 35.5. The number of carboxylic acid groups (broad SMARTS) is 1. The second kappa shape index (κ2) is 3.22. The fourth-order valence-corrected chi connectivity index (χ4v) is 2.30. The molecule has 1 N–H and O–H groups in total. The lowest BCUT2D eigenvalue weighted by Gasteiger charge is -1.91. The number of pyridine rings is 1. The van der Waals surface area contributed by atoms with E-state index in [4.69, 9.17) is 20.8 Å². The van der Waals surface area contributed by atoms with Crippen LogP contribution in [0.3, 0.4) is 0 Å². The topological polar surface area (TPSA) is 50.2 Å². The van der Waals surface area contributed by atoms with Crippen molar-refractivity contribution in [2.24, 2.45) is 0 Å². The Morgan fingerprint density at radius 1 is 1.79 bits per heavy atom. The van der Waals surface area contributed by atoms with Crippen molar-refractivity contribution in [2.75, 3.05) is 0 Å². The minimum atomic E-state index is -2.48. The Labute approximate surface area is 93.2 Å². The molecule has 0 aromatic carbocycles. The molecule has 0 fully saturated rings. The summed E-state index contributed by atoms with van der Waals surface area (Å²) in [7, 11) is 0. The smallest absolute Gasteiger partial charge is 0.346 e. The molecule has 0 radical (unpaired) electrons. The monoisotopic (exact) mass is 230 g/mol. The maximum Gasteiger partial charge on any atom is 0.346 e. The summed E-state index contributed by atoms with van der Waals surface area (Å²) in [6.45, 7) is -2.48. The highest BCUT2D eigenvalue weighted by Gasteiger charge is 2.14. The predicted octanol–water partition coefficient (Wildman–Crippen LogP) is 2.96. The Bertz CT molecular complexity index is 608. The van der Waals surface area contributed by atoms with Crippen molar-refractivity contribution in [3.05, 3.63) is 27.9 Å². The molecule has 2 heterocycles. The zero-order valence-electron chi connectivity index (χ0n) is 9.74. The molecule has 72 valence electrons. The van der Waals surface area contributed by atoms with E-state index in [2.05, 4.69) is 4.98 Å². The molecule has 2 aromatic heterocycles. The number of fused-ring (bicyclic) bond motifs is 1. The normalized spacial score (nSPS) is 14.8. The third-order valence-electron chi connectivity index (χ3n) is 1.74. The SMILES string of the molecule is [2H]C([2H])([2H])c1c(C(=O)O)sc2cc(Cl)ncc12. The van der Waals surface area contributed by atoms with Crippen LogP contribution in [0.1, 0.15) is 19.3 Å². The van der Waals surface area contributed by atoms with E-state index in [0.717, 1.165) is 11.3 Å². The quantitative estimate of drug-likeness (QED) is 0.767. The molecular weight excluding hydrogens is 222 g/mol. The van der Waals surface area contributed by atoms with Crippen LogP contribution in [0.5, 0.6) is 0 Å². The second-order valence-electron chi connectivity index (χ2n) is 2.61.